The molecule has 9 aromatic rings. The van der Waals surface area contributed by atoms with E-state index in [0.29, 0.717) is 16.6 Å². The van der Waals surface area contributed by atoms with E-state index in [0.717, 1.165) is 33.4 Å². The van der Waals surface area contributed by atoms with Gasteiger partial charge in [0.15, 0.2) is 0 Å². The number of hydrogen-bond donors (Lipinski definition) is 0. The molecule has 0 fully saturated rings. The van der Waals surface area contributed by atoms with Crippen molar-refractivity contribution < 1.29 is 4.42 Å². The minimum atomic E-state index is -1.79. The zero-order chi connectivity index (χ0) is 35.2. The number of hydrogen-bond acceptors (Lipinski definition) is 2. The maximum absolute atomic E-state index is 6.23. The Hall–Kier alpha value is -5.19. The summed E-state index contributed by atoms with van der Waals surface area (Å²) in [7, 11) is -1.79. The first-order chi connectivity index (χ1) is 24.7. The van der Waals surface area contributed by atoms with Gasteiger partial charge in [-0.2, -0.15) is 0 Å². The summed E-state index contributed by atoms with van der Waals surface area (Å²) in [5.41, 5.74) is 10.9. The molecule has 9 rings (SSSR count). The van der Waals surface area contributed by atoms with Crippen molar-refractivity contribution in [3.63, 3.8) is 0 Å². The Kier molecular flexibility index (Phi) is 7.27. The number of benzene rings is 6. The number of rotatable bonds is 6. The molecule has 3 heterocycles. The number of nitrogens with zero attached hydrogens (tertiary/aromatic N) is 2. The quantitative estimate of drug-likeness (QED) is 0.164. The van der Waals surface area contributed by atoms with Crippen molar-refractivity contribution in [3.05, 3.63) is 127 Å². The summed E-state index contributed by atoms with van der Waals surface area (Å²) >= 11 is 0. The van der Waals surface area contributed by atoms with Crippen LogP contribution in [0.15, 0.2) is 126 Å². The van der Waals surface area contributed by atoms with E-state index in [1.165, 1.54) is 54.5 Å². The van der Waals surface area contributed by atoms with E-state index in [-0.39, 0.29) is 0 Å². The highest BCUT2D eigenvalue weighted by molar-refractivity contribution is 6.95. The molecule has 0 amide bonds. The van der Waals surface area contributed by atoms with E-state index in [1.807, 2.05) is 6.07 Å². The van der Waals surface area contributed by atoms with Gasteiger partial charge in [-0.05, 0) is 99.5 Å². The molecule has 252 valence electrons. The van der Waals surface area contributed by atoms with Gasteiger partial charge in [0.25, 0.3) is 0 Å². The normalized spacial score (nSPS) is 12.7. The van der Waals surface area contributed by atoms with Gasteiger partial charge in [-0.1, -0.05) is 120 Å². The molecule has 3 nitrogen and oxygen atoms in total. The highest BCUT2D eigenvalue weighted by atomic mass is 28.3. The Morgan fingerprint density at radius 3 is 2.06 bits per heavy atom. The summed E-state index contributed by atoms with van der Waals surface area (Å²) in [4.78, 5) is 5.38. The second-order valence-corrected chi connectivity index (χ2v) is 21.3. The lowest BCUT2D eigenvalue weighted by Gasteiger charge is -2.43. The zero-order valence-electron chi connectivity index (χ0n) is 30.6. The smallest absolute Gasteiger partial charge is 0.138 e. The number of aryl methyl sites for hydroxylation is 1. The van der Waals surface area contributed by atoms with Crippen LogP contribution in [0.1, 0.15) is 47.1 Å². The van der Waals surface area contributed by atoms with Crippen molar-refractivity contribution in [2.45, 2.75) is 65.1 Å². The number of aromatic nitrogens is 2. The molecular weight excluding hydrogens is 637 g/mol. The van der Waals surface area contributed by atoms with Gasteiger partial charge >= 0.3 is 0 Å². The fraction of sp³-hybridized carbons (Fsp3) is 0.213. The molecule has 0 radical (unpaired) electrons. The molecule has 0 saturated heterocycles. The minimum absolute atomic E-state index is 0.657. The molecule has 0 saturated carbocycles. The van der Waals surface area contributed by atoms with Gasteiger partial charge in [-0.25, -0.2) is 4.98 Å². The van der Waals surface area contributed by atoms with Crippen LogP contribution < -0.4 is 5.19 Å². The van der Waals surface area contributed by atoms with E-state index >= 15 is 0 Å². The SMILES string of the molecule is Cc1c(-c2ccc3c(c2)c2c4ccccc4ccc2n3-c2ccc3cc([Si](C(C)C)(C(C)C)C(C)C)ccc3n2)ccc2oc3ccccc3c12. The van der Waals surface area contributed by atoms with Gasteiger partial charge in [-0.15, -0.1) is 0 Å². The molecule has 0 unspecified atom stereocenters. The molecule has 0 aliphatic rings. The largest absolute Gasteiger partial charge is 0.456 e. The Morgan fingerprint density at radius 2 is 1.27 bits per heavy atom. The van der Waals surface area contributed by atoms with E-state index in [4.69, 9.17) is 9.40 Å². The lowest BCUT2D eigenvalue weighted by Crippen LogP contribution is -2.55. The predicted molar refractivity (Wildman–Crippen MR) is 222 cm³/mol. The topological polar surface area (TPSA) is 31.0 Å². The van der Waals surface area contributed by atoms with Crippen molar-refractivity contribution in [3.8, 4) is 16.9 Å². The zero-order valence-corrected chi connectivity index (χ0v) is 31.6. The average molecular weight is 681 g/mol. The van der Waals surface area contributed by atoms with Gasteiger partial charge in [-0.3, -0.25) is 4.57 Å². The van der Waals surface area contributed by atoms with Crippen LogP contribution in [0.2, 0.25) is 16.6 Å². The van der Waals surface area contributed by atoms with Crippen LogP contribution in [0.25, 0.3) is 82.4 Å². The average Bonchev–Trinajstić information content (AvgIpc) is 3.67. The Bertz CT molecular complexity index is 2800. The maximum atomic E-state index is 6.23. The van der Waals surface area contributed by atoms with Crippen LogP contribution >= 0.6 is 0 Å². The third-order valence-corrected chi connectivity index (χ3v) is 19.1. The van der Waals surface area contributed by atoms with E-state index in [9.17, 15) is 0 Å². The van der Waals surface area contributed by atoms with Crippen LogP contribution in [-0.2, 0) is 0 Å². The van der Waals surface area contributed by atoms with E-state index < -0.39 is 8.07 Å². The standard InChI is InChI=1S/C47H44N2OSi/c1-28(2)51(29(3)4,30(5)6)35-19-21-40-34(26-35)18-25-45(48-40)49-41-22-17-33(27-39(41)47-37-13-9-8-12-32(37)16-23-42(47)49)36-20-24-44-46(31(36)7)38-14-10-11-15-43(38)50-44/h8-30H,1-7H3. The summed E-state index contributed by atoms with van der Waals surface area (Å²) in [5.74, 6) is 0.945. The fourth-order valence-corrected chi connectivity index (χ4v) is 16.8. The van der Waals surface area contributed by atoms with Crippen LogP contribution in [0.3, 0.4) is 0 Å². The lowest BCUT2D eigenvalue weighted by molar-refractivity contribution is 0.669. The van der Waals surface area contributed by atoms with Gasteiger partial charge in [0, 0.05) is 26.9 Å². The van der Waals surface area contributed by atoms with Crippen LogP contribution in [0.4, 0.5) is 0 Å². The second-order valence-electron chi connectivity index (χ2n) is 15.4. The van der Waals surface area contributed by atoms with Gasteiger partial charge in [0.2, 0.25) is 0 Å². The number of para-hydroxylation sites is 1. The summed E-state index contributed by atoms with van der Waals surface area (Å²) in [6.45, 7) is 16.9. The van der Waals surface area contributed by atoms with Gasteiger partial charge in [0.1, 0.15) is 17.0 Å². The van der Waals surface area contributed by atoms with Crippen molar-refractivity contribution in [1.82, 2.24) is 9.55 Å². The van der Waals surface area contributed by atoms with Crippen molar-refractivity contribution in [1.29, 1.82) is 0 Å². The molecule has 3 aromatic heterocycles. The molecule has 0 N–H and O–H groups in total. The van der Waals surface area contributed by atoms with E-state index in [1.54, 1.807) is 5.19 Å². The molecule has 0 spiro atoms. The van der Waals surface area contributed by atoms with Crippen LogP contribution in [-0.4, -0.2) is 17.6 Å². The molecule has 0 atom stereocenters. The predicted octanol–water partition coefficient (Wildman–Crippen LogP) is 13.2. The molecule has 0 bridgehead atoms. The van der Waals surface area contributed by atoms with E-state index in [2.05, 4.69) is 168 Å². The molecule has 4 heteroatoms. The Morgan fingerprint density at radius 1 is 0.569 bits per heavy atom. The molecule has 0 aliphatic heterocycles. The van der Waals surface area contributed by atoms with Crippen LogP contribution in [0, 0.1) is 6.92 Å². The summed E-state index contributed by atoms with van der Waals surface area (Å²) < 4.78 is 8.59. The van der Waals surface area contributed by atoms with Gasteiger partial charge in [0.05, 0.1) is 24.6 Å². The maximum Gasteiger partial charge on any atom is 0.138 e. The first-order valence-electron chi connectivity index (χ1n) is 18.5. The van der Waals surface area contributed by atoms with Crippen molar-refractivity contribution in [2.24, 2.45) is 0 Å². The molecule has 0 aliphatic carbocycles. The molecular formula is C47H44N2OSi. The monoisotopic (exact) mass is 680 g/mol. The lowest BCUT2D eigenvalue weighted by atomic mass is 9.95. The Balaban J connectivity index is 1.26. The Labute approximate surface area is 300 Å². The summed E-state index contributed by atoms with van der Waals surface area (Å²) in [5, 5.41) is 10.1. The highest BCUT2D eigenvalue weighted by Crippen LogP contribution is 2.43. The first kappa shape index (κ1) is 31.8. The number of pyridine rings is 1. The summed E-state index contributed by atoms with van der Waals surface area (Å²) in [6.07, 6.45) is 0. The minimum Gasteiger partial charge on any atom is -0.456 e. The third kappa shape index (κ3) is 4.59. The van der Waals surface area contributed by atoms with Crippen molar-refractivity contribution >= 4 is 78.7 Å². The number of furan rings is 1. The van der Waals surface area contributed by atoms with Gasteiger partial charge < -0.3 is 4.42 Å². The number of fused-ring (bicyclic) bond motifs is 9. The second kappa shape index (κ2) is 11.7. The van der Waals surface area contributed by atoms with Crippen molar-refractivity contribution in [2.75, 3.05) is 0 Å². The van der Waals surface area contributed by atoms with Crippen LogP contribution in [0.5, 0.6) is 0 Å². The molecule has 51 heavy (non-hydrogen) atoms. The highest BCUT2D eigenvalue weighted by Gasteiger charge is 2.44. The first-order valence-corrected chi connectivity index (χ1v) is 20.7. The fourth-order valence-electron chi connectivity index (χ4n) is 10.0. The molecule has 6 aromatic carbocycles. The summed E-state index contributed by atoms with van der Waals surface area (Å²) in [6, 6.07) is 44.6. The third-order valence-electron chi connectivity index (χ3n) is 12.0.